The second kappa shape index (κ2) is 13.4. The van der Waals surface area contributed by atoms with Crippen LogP contribution in [0, 0.1) is 0 Å². The molecule has 11 nitrogen and oxygen atoms in total. The minimum Gasteiger partial charge on any atom is -0.497 e. The van der Waals surface area contributed by atoms with E-state index in [1.807, 2.05) is 19.9 Å². The van der Waals surface area contributed by atoms with Crippen molar-refractivity contribution >= 4 is 9.84 Å². The van der Waals surface area contributed by atoms with Crippen molar-refractivity contribution in [2.75, 3.05) is 47.3 Å². The molecule has 0 bridgehead atoms. The second-order valence-corrected chi connectivity index (χ2v) is 11.7. The van der Waals surface area contributed by atoms with Gasteiger partial charge in [-0.25, -0.2) is 8.42 Å². The molecule has 2 aromatic carbocycles. The van der Waals surface area contributed by atoms with Crippen molar-refractivity contribution in [1.82, 2.24) is 14.8 Å². The molecule has 0 radical (unpaired) electrons. The summed E-state index contributed by atoms with van der Waals surface area (Å²) in [5, 5.41) is 8.44. The van der Waals surface area contributed by atoms with Gasteiger partial charge in [-0.2, -0.15) is 0 Å². The molecule has 0 aliphatic carbocycles. The zero-order valence-corrected chi connectivity index (χ0v) is 24.4. The number of nitrogens with zero attached hydrogens (tertiary/aromatic N) is 3. The lowest BCUT2D eigenvalue weighted by Gasteiger charge is -2.22. The Labute approximate surface area is 235 Å². The highest BCUT2D eigenvalue weighted by Gasteiger charge is 2.32. The van der Waals surface area contributed by atoms with Crippen molar-refractivity contribution in [2.24, 2.45) is 0 Å². The first-order valence-corrected chi connectivity index (χ1v) is 14.8. The Morgan fingerprint density at radius 3 is 2.27 bits per heavy atom. The first kappa shape index (κ1) is 29.8. The number of benzene rings is 2. The summed E-state index contributed by atoms with van der Waals surface area (Å²) in [5.41, 5.74) is 1.94. The zero-order valence-electron chi connectivity index (χ0n) is 23.6. The van der Waals surface area contributed by atoms with Crippen LogP contribution in [0.5, 0.6) is 17.2 Å². The molecule has 3 aromatic rings. The van der Waals surface area contributed by atoms with Gasteiger partial charge in [-0.3, -0.25) is 4.57 Å². The topological polar surface area (TPSA) is 120 Å². The molecule has 2 heterocycles. The summed E-state index contributed by atoms with van der Waals surface area (Å²) >= 11 is 0. The zero-order chi connectivity index (χ0) is 28.7. The summed E-state index contributed by atoms with van der Waals surface area (Å²) < 4.78 is 62.1. The number of methoxy groups -OCH3 is 3. The van der Waals surface area contributed by atoms with Crippen LogP contribution < -0.4 is 14.2 Å². The monoisotopic (exact) mass is 575 g/mol. The maximum atomic E-state index is 13.8. The lowest BCUT2D eigenvalue weighted by Crippen LogP contribution is -2.29. The minimum atomic E-state index is -3.89. The van der Waals surface area contributed by atoms with Crippen molar-refractivity contribution in [3.05, 3.63) is 42.0 Å². The molecule has 218 valence electrons. The fourth-order valence-corrected chi connectivity index (χ4v) is 6.10. The Kier molecular flexibility index (Phi) is 10.0. The quantitative estimate of drug-likeness (QED) is 0.272. The molecule has 1 unspecified atom stereocenters. The largest absolute Gasteiger partial charge is 0.497 e. The molecule has 1 aliphatic heterocycles. The molecular formula is C28H37N3O8S. The molecule has 1 atom stereocenters. The molecule has 12 heteroatoms. The van der Waals surface area contributed by atoms with Crippen LogP contribution in [0.2, 0.25) is 0 Å². The van der Waals surface area contributed by atoms with Crippen molar-refractivity contribution in [1.29, 1.82) is 0 Å². The standard InChI is InChI=1S/C28H37N3O8S/c1-19(2)23-14-24(26(39-18-35-4)15-25(23)38-17-34-3)27-29-30-28(31(27)20-9-11-21(36-5)12-10-20)40(32,33)16-22-8-6-7-13-37-22/h9-12,14-15,19,22H,6-8,13,16-18H2,1-5H3. The van der Waals surface area contributed by atoms with Gasteiger partial charge in [0.15, 0.2) is 19.4 Å². The Hall–Kier alpha value is -3.19. The Morgan fingerprint density at radius 2 is 1.68 bits per heavy atom. The van der Waals surface area contributed by atoms with Gasteiger partial charge in [-0.1, -0.05) is 13.8 Å². The molecule has 4 rings (SSSR count). The Bertz CT molecular complexity index is 1370. The number of rotatable bonds is 13. The maximum absolute atomic E-state index is 13.8. The number of aromatic nitrogens is 3. The van der Waals surface area contributed by atoms with E-state index in [9.17, 15) is 8.42 Å². The molecule has 40 heavy (non-hydrogen) atoms. The van der Waals surface area contributed by atoms with Crippen LogP contribution >= 0.6 is 0 Å². The van der Waals surface area contributed by atoms with Crippen molar-refractivity contribution in [3.8, 4) is 34.3 Å². The van der Waals surface area contributed by atoms with Crippen LogP contribution in [0.3, 0.4) is 0 Å². The van der Waals surface area contributed by atoms with Gasteiger partial charge in [-0.05, 0) is 61.1 Å². The Balaban J connectivity index is 1.91. The van der Waals surface area contributed by atoms with Gasteiger partial charge in [0.1, 0.15) is 17.2 Å². The molecular weight excluding hydrogens is 538 g/mol. The van der Waals surface area contributed by atoms with Gasteiger partial charge in [-0.15, -0.1) is 10.2 Å². The van der Waals surface area contributed by atoms with E-state index in [1.165, 1.54) is 11.7 Å². The van der Waals surface area contributed by atoms with Crippen LogP contribution in [-0.4, -0.2) is 76.6 Å². The number of hydrogen-bond acceptors (Lipinski definition) is 10. The van der Waals surface area contributed by atoms with Crippen molar-refractivity contribution in [3.63, 3.8) is 0 Å². The predicted molar refractivity (Wildman–Crippen MR) is 148 cm³/mol. The predicted octanol–water partition coefficient (Wildman–Crippen LogP) is 4.37. The first-order valence-electron chi connectivity index (χ1n) is 13.1. The molecule has 0 amide bonds. The number of hydrogen-bond donors (Lipinski definition) is 0. The van der Waals surface area contributed by atoms with E-state index in [-0.39, 0.29) is 30.4 Å². The van der Waals surface area contributed by atoms with E-state index in [1.54, 1.807) is 44.6 Å². The smallest absolute Gasteiger partial charge is 0.254 e. The maximum Gasteiger partial charge on any atom is 0.254 e. The van der Waals surface area contributed by atoms with E-state index >= 15 is 0 Å². The fourth-order valence-electron chi connectivity index (χ4n) is 4.56. The summed E-state index contributed by atoms with van der Waals surface area (Å²) in [5.74, 6) is 1.76. The molecule has 1 aliphatic rings. The van der Waals surface area contributed by atoms with Gasteiger partial charge >= 0.3 is 0 Å². The minimum absolute atomic E-state index is 0.0431. The van der Waals surface area contributed by atoms with Crippen molar-refractivity contribution < 1.29 is 36.8 Å². The molecule has 0 N–H and O–H groups in total. The number of ether oxygens (including phenoxy) is 6. The van der Waals surface area contributed by atoms with Crippen LogP contribution in [0.1, 0.15) is 44.6 Å². The lowest BCUT2D eigenvalue weighted by atomic mass is 9.98. The van der Waals surface area contributed by atoms with Gasteiger partial charge in [0.25, 0.3) is 5.16 Å². The molecule has 1 saturated heterocycles. The number of sulfone groups is 1. The normalized spacial score (nSPS) is 15.8. The van der Waals surface area contributed by atoms with E-state index in [0.717, 1.165) is 18.4 Å². The van der Waals surface area contributed by atoms with Gasteiger partial charge in [0.2, 0.25) is 9.84 Å². The van der Waals surface area contributed by atoms with E-state index in [4.69, 9.17) is 28.4 Å². The van der Waals surface area contributed by atoms with Gasteiger partial charge < -0.3 is 28.4 Å². The van der Waals surface area contributed by atoms with Crippen LogP contribution in [0.15, 0.2) is 41.6 Å². The molecule has 1 aromatic heterocycles. The third-order valence-corrected chi connectivity index (χ3v) is 8.19. The Morgan fingerprint density at radius 1 is 0.975 bits per heavy atom. The van der Waals surface area contributed by atoms with Crippen LogP contribution in [0.4, 0.5) is 0 Å². The molecule has 1 fully saturated rings. The van der Waals surface area contributed by atoms with E-state index < -0.39 is 15.9 Å². The summed E-state index contributed by atoms with van der Waals surface area (Å²) in [6.45, 7) is 4.62. The highest BCUT2D eigenvalue weighted by atomic mass is 32.2. The first-order chi connectivity index (χ1) is 19.3. The van der Waals surface area contributed by atoms with Gasteiger partial charge in [0, 0.05) is 26.9 Å². The highest BCUT2D eigenvalue weighted by molar-refractivity contribution is 7.91. The highest BCUT2D eigenvalue weighted by Crippen LogP contribution is 2.40. The third kappa shape index (κ3) is 6.74. The summed E-state index contributed by atoms with van der Waals surface area (Å²) in [4.78, 5) is 0. The van der Waals surface area contributed by atoms with E-state index in [0.29, 0.717) is 47.4 Å². The summed E-state index contributed by atoms with van der Waals surface area (Å²) in [6, 6.07) is 10.6. The van der Waals surface area contributed by atoms with E-state index in [2.05, 4.69) is 10.2 Å². The van der Waals surface area contributed by atoms with Crippen LogP contribution in [-0.2, 0) is 24.0 Å². The summed E-state index contributed by atoms with van der Waals surface area (Å²) in [7, 11) is 0.738. The second-order valence-electron chi connectivity index (χ2n) is 9.75. The average Bonchev–Trinajstić information content (AvgIpc) is 3.41. The molecule has 0 spiro atoms. The van der Waals surface area contributed by atoms with Crippen molar-refractivity contribution in [2.45, 2.75) is 50.3 Å². The molecule has 0 saturated carbocycles. The average molecular weight is 576 g/mol. The fraction of sp³-hybridized carbons (Fsp3) is 0.500. The summed E-state index contributed by atoms with van der Waals surface area (Å²) in [6.07, 6.45) is 2.13. The lowest BCUT2D eigenvalue weighted by molar-refractivity contribution is 0.0304. The third-order valence-electron chi connectivity index (χ3n) is 6.56. The SMILES string of the molecule is COCOc1cc(OCOC)c(C(C)C)cc1-c1nnc(S(=O)(=O)CC2CCCCO2)n1-c1ccc(OC)cc1. The van der Waals surface area contributed by atoms with Gasteiger partial charge in [0.05, 0.1) is 30.2 Å². The van der Waals surface area contributed by atoms with Crippen LogP contribution in [0.25, 0.3) is 17.1 Å².